The molecule has 7 aromatic carbocycles. The molecule has 3 nitrogen and oxygen atoms in total. The van der Waals surface area contributed by atoms with Gasteiger partial charge in [0, 0.05) is 22.0 Å². The molecule has 0 N–H and O–H groups in total. The van der Waals surface area contributed by atoms with E-state index in [9.17, 15) is 0 Å². The molecule has 0 amide bonds. The summed E-state index contributed by atoms with van der Waals surface area (Å²) in [6, 6.07) is 58.4. The summed E-state index contributed by atoms with van der Waals surface area (Å²) in [5.41, 5.74) is 14.6. The van der Waals surface area contributed by atoms with Gasteiger partial charge < -0.3 is 8.98 Å². The minimum atomic E-state index is 0.653. The van der Waals surface area contributed by atoms with Crippen LogP contribution in [0.25, 0.3) is 83.4 Å². The number of oxazole rings is 1. The monoisotopic (exact) mass is 616 g/mol. The zero-order chi connectivity index (χ0) is 32.0. The number of hydrogen-bond acceptors (Lipinski definition) is 2. The smallest absolute Gasteiger partial charge is 0.227 e. The first kappa shape index (κ1) is 28.1. The van der Waals surface area contributed by atoms with Gasteiger partial charge in [-0.15, -0.1) is 0 Å². The summed E-state index contributed by atoms with van der Waals surface area (Å²) in [7, 11) is 0. The van der Waals surface area contributed by atoms with E-state index >= 15 is 0 Å². The van der Waals surface area contributed by atoms with Crippen LogP contribution in [0, 0.1) is 0 Å². The molecule has 0 spiro atoms. The molecule has 0 aliphatic rings. The van der Waals surface area contributed by atoms with E-state index in [-0.39, 0.29) is 0 Å². The Morgan fingerprint density at radius 1 is 0.479 bits per heavy atom. The van der Waals surface area contributed by atoms with Gasteiger partial charge in [-0.25, -0.2) is 4.98 Å². The van der Waals surface area contributed by atoms with Crippen molar-refractivity contribution in [3.8, 4) is 50.5 Å². The molecule has 0 radical (unpaired) electrons. The maximum Gasteiger partial charge on any atom is 0.227 e. The van der Waals surface area contributed by atoms with Crippen molar-refractivity contribution in [1.29, 1.82) is 0 Å². The van der Waals surface area contributed by atoms with E-state index in [4.69, 9.17) is 9.40 Å². The molecule has 2 aromatic heterocycles. The highest BCUT2D eigenvalue weighted by molar-refractivity contribution is 6.09. The van der Waals surface area contributed by atoms with Gasteiger partial charge in [-0.3, -0.25) is 0 Å². The van der Waals surface area contributed by atoms with Crippen LogP contribution in [0.5, 0.6) is 0 Å². The summed E-state index contributed by atoms with van der Waals surface area (Å²) in [5, 5.41) is 2.54. The van der Waals surface area contributed by atoms with Crippen LogP contribution < -0.4 is 0 Å². The minimum absolute atomic E-state index is 0.653. The Labute approximate surface area is 279 Å². The molecule has 0 aliphatic heterocycles. The molecule has 0 saturated carbocycles. The minimum Gasteiger partial charge on any atom is -0.436 e. The third-order valence-corrected chi connectivity index (χ3v) is 9.48. The van der Waals surface area contributed by atoms with Gasteiger partial charge in [-0.05, 0) is 87.8 Å². The summed E-state index contributed by atoms with van der Waals surface area (Å²) in [5.74, 6) is 0.653. The lowest BCUT2D eigenvalue weighted by atomic mass is 9.89. The van der Waals surface area contributed by atoms with Crippen LogP contribution in [0.1, 0.15) is 12.5 Å². The Morgan fingerprint density at radius 3 is 1.56 bits per heavy atom. The van der Waals surface area contributed by atoms with Gasteiger partial charge in [-0.1, -0.05) is 128 Å². The van der Waals surface area contributed by atoms with E-state index in [1.807, 2.05) is 12.1 Å². The second kappa shape index (κ2) is 11.6. The highest BCUT2D eigenvalue weighted by atomic mass is 16.3. The van der Waals surface area contributed by atoms with E-state index in [0.29, 0.717) is 5.89 Å². The average molecular weight is 617 g/mol. The Kier molecular flexibility index (Phi) is 6.76. The van der Waals surface area contributed by atoms with Crippen LogP contribution in [0.2, 0.25) is 0 Å². The van der Waals surface area contributed by atoms with Crippen molar-refractivity contribution in [3.05, 3.63) is 169 Å². The molecule has 228 valence electrons. The van der Waals surface area contributed by atoms with E-state index in [0.717, 1.165) is 34.3 Å². The van der Waals surface area contributed by atoms with Crippen molar-refractivity contribution >= 4 is 32.9 Å². The number of nitrogens with zero attached hydrogens (tertiary/aromatic N) is 2. The predicted octanol–water partition coefficient (Wildman–Crippen LogP) is 12.2. The summed E-state index contributed by atoms with van der Waals surface area (Å²) < 4.78 is 8.60. The van der Waals surface area contributed by atoms with Crippen molar-refractivity contribution in [3.63, 3.8) is 0 Å². The van der Waals surface area contributed by atoms with Crippen LogP contribution in [-0.4, -0.2) is 9.55 Å². The fourth-order valence-corrected chi connectivity index (χ4v) is 7.13. The molecular weight excluding hydrogens is 585 g/mol. The van der Waals surface area contributed by atoms with Crippen LogP contribution in [-0.2, 0) is 6.42 Å². The number of rotatable bonds is 6. The first-order valence-corrected chi connectivity index (χ1v) is 16.5. The highest BCUT2D eigenvalue weighted by Gasteiger charge is 2.16. The summed E-state index contributed by atoms with van der Waals surface area (Å²) in [4.78, 5) is 4.79. The normalized spacial score (nSPS) is 11.5. The summed E-state index contributed by atoms with van der Waals surface area (Å²) in [6.45, 7) is 2.14. The summed E-state index contributed by atoms with van der Waals surface area (Å²) in [6.07, 6.45) is 0.912. The van der Waals surface area contributed by atoms with Crippen molar-refractivity contribution in [2.45, 2.75) is 13.3 Å². The van der Waals surface area contributed by atoms with Gasteiger partial charge in [0.25, 0.3) is 0 Å². The van der Waals surface area contributed by atoms with E-state index in [1.54, 1.807) is 0 Å². The third kappa shape index (κ3) is 4.63. The Bertz CT molecular complexity index is 2530. The molecule has 0 fully saturated rings. The SMILES string of the molecule is CCc1cccc2nc(-c3ccc(-c4ccccc4-c4ccccc4-c4ccc(-n5c6ccccc6c6ccccc65)cc4)cc3)oc12. The van der Waals surface area contributed by atoms with Gasteiger partial charge >= 0.3 is 0 Å². The number of hydrogen-bond donors (Lipinski definition) is 0. The van der Waals surface area contributed by atoms with E-state index < -0.39 is 0 Å². The van der Waals surface area contributed by atoms with Gasteiger partial charge in [0.2, 0.25) is 5.89 Å². The zero-order valence-corrected chi connectivity index (χ0v) is 26.6. The van der Waals surface area contributed by atoms with Crippen LogP contribution in [0.15, 0.2) is 168 Å². The number of aryl methyl sites for hydroxylation is 1. The maximum atomic E-state index is 6.24. The molecule has 0 unspecified atom stereocenters. The van der Waals surface area contributed by atoms with Crippen LogP contribution in [0.4, 0.5) is 0 Å². The fourth-order valence-electron chi connectivity index (χ4n) is 7.13. The van der Waals surface area contributed by atoms with Gasteiger partial charge in [-0.2, -0.15) is 0 Å². The number of fused-ring (bicyclic) bond motifs is 4. The first-order valence-electron chi connectivity index (χ1n) is 16.5. The molecule has 0 aliphatic carbocycles. The lowest BCUT2D eigenvalue weighted by Gasteiger charge is -2.15. The molecule has 48 heavy (non-hydrogen) atoms. The zero-order valence-electron chi connectivity index (χ0n) is 26.6. The quantitative estimate of drug-likeness (QED) is 0.186. The Hall–Kier alpha value is -6.19. The standard InChI is InChI=1S/C45H32N2O/c1-2-30-12-11-19-41-44(30)48-45(46-41)33-24-22-31(23-25-33)35-13-3-5-15-37(35)38-16-6-4-14-36(38)32-26-28-34(29-27-32)47-42-20-9-7-17-39(42)40-18-8-10-21-43(40)47/h3-29H,2H2,1H3. The van der Waals surface area contributed by atoms with E-state index in [2.05, 4.69) is 163 Å². The second-order valence-electron chi connectivity index (χ2n) is 12.2. The van der Waals surface area contributed by atoms with Crippen molar-refractivity contribution < 1.29 is 4.42 Å². The number of para-hydroxylation sites is 3. The van der Waals surface area contributed by atoms with Gasteiger partial charge in [0.1, 0.15) is 5.52 Å². The molecule has 0 atom stereocenters. The molecule has 3 heteroatoms. The Morgan fingerprint density at radius 2 is 0.979 bits per heavy atom. The van der Waals surface area contributed by atoms with Crippen LogP contribution in [0.3, 0.4) is 0 Å². The van der Waals surface area contributed by atoms with Crippen molar-refractivity contribution in [2.24, 2.45) is 0 Å². The molecule has 0 saturated heterocycles. The number of aromatic nitrogens is 2. The fraction of sp³-hybridized carbons (Fsp3) is 0.0444. The second-order valence-corrected chi connectivity index (χ2v) is 12.2. The van der Waals surface area contributed by atoms with E-state index in [1.165, 1.54) is 55.2 Å². The lowest BCUT2D eigenvalue weighted by Crippen LogP contribution is -1.94. The van der Waals surface area contributed by atoms with Crippen molar-refractivity contribution in [1.82, 2.24) is 9.55 Å². The van der Waals surface area contributed by atoms with Gasteiger partial charge in [0.05, 0.1) is 11.0 Å². The highest BCUT2D eigenvalue weighted by Crippen LogP contribution is 2.39. The molecule has 9 rings (SSSR count). The summed E-state index contributed by atoms with van der Waals surface area (Å²) >= 11 is 0. The van der Waals surface area contributed by atoms with Gasteiger partial charge in [0.15, 0.2) is 5.58 Å². The van der Waals surface area contributed by atoms with Crippen LogP contribution >= 0.6 is 0 Å². The van der Waals surface area contributed by atoms with Crippen molar-refractivity contribution in [2.75, 3.05) is 0 Å². The predicted molar refractivity (Wildman–Crippen MR) is 199 cm³/mol. The number of benzene rings is 7. The molecular formula is C45H32N2O. The largest absolute Gasteiger partial charge is 0.436 e. The first-order chi connectivity index (χ1) is 23.8. The maximum absolute atomic E-state index is 6.24. The Balaban J connectivity index is 1.08. The molecule has 9 aromatic rings. The molecule has 0 bridgehead atoms. The molecule has 2 heterocycles. The topological polar surface area (TPSA) is 31.0 Å². The third-order valence-electron chi connectivity index (χ3n) is 9.48. The lowest BCUT2D eigenvalue weighted by molar-refractivity contribution is 0.615. The average Bonchev–Trinajstić information content (AvgIpc) is 3.75.